The molecule has 124 valence electrons. The van der Waals surface area contributed by atoms with E-state index in [0.717, 1.165) is 49.5 Å². The van der Waals surface area contributed by atoms with Gasteiger partial charge in [-0.3, -0.25) is 4.90 Å². The van der Waals surface area contributed by atoms with Gasteiger partial charge in [-0.15, -0.1) is 0 Å². The second-order valence-electron chi connectivity index (χ2n) is 6.54. The molecule has 1 aromatic carbocycles. The van der Waals surface area contributed by atoms with Gasteiger partial charge in [0.25, 0.3) is 0 Å². The Morgan fingerprint density at radius 3 is 2.58 bits per heavy atom. The molecule has 0 radical (unpaired) electrons. The standard InChI is InChI=1S/C19H21FN4/c1-23-18(22-17-3-2-10-21-19(17)23)13-24-11-8-15(9-12-24)14-4-6-16(20)7-5-14/h2-7,10,15H,8-9,11-13H2,1H3. The number of likely N-dealkylation sites (tertiary alicyclic amines) is 1. The summed E-state index contributed by atoms with van der Waals surface area (Å²) in [5, 5.41) is 0. The molecule has 2 aromatic heterocycles. The molecular weight excluding hydrogens is 303 g/mol. The second-order valence-corrected chi connectivity index (χ2v) is 6.54. The minimum Gasteiger partial charge on any atom is -0.315 e. The van der Waals surface area contributed by atoms with E-state index in [9.17, 15) is 4.39 Å². The molecule has 0 bridgehead atoms. The number of pyridine rings is 1. The van der Waals surface area contributed by atoms with Crippen molar-refractivity contribution in [2.45, 2.75) is 25.3 Å². The van der Waals surface area contributed by atoms with Crippen molar-refractivity contribution in [2.75, 3.05) is 13.1 Å². The Morgan fingerprint density at radius 1 is 1.12 bits per heavy atom. The summed E-state index contributed by atoms with van der Waals surface area (Å²) >= 11 is 0. The third kappa shape index (κ3) is 2.91. The van der Waals surface area contributed by atoms with Crippen molar-refractivity contribution in [2.24, 2.45) is 7.05 Å². The van der Waals surface area contributed by atoms with Crippen molar-refractivity contribution in [3.63, 3.8) is 0 Å². The van der Waals surface area contributed by atoms with E-state index in [-0.39, 0.29) is 5.82 Å². The van der Waals surface area contributed by atoms with Crippen LogP contribution in [-0.2, 0) is 13.6 Å². The van der Waals surface area contributed by atoms with Gasteiger partial charge in [0.15, 0.2) is 5.65 Å². The number of imidazole rings is 1. The fourth-order valence-corrected chi connectivity index (χ4v) is 3.57. The van der Waals surface area contributed by atoms with Gasteiger partial charge in [0.2, 0.25) is 0 Å². The number of nitrogens with zero attached hydrogens (tertiary/aromatic N) is 4. The first-order valence-corrected chi connectivity index (χ1v) is 8.45. The van der Waals surface area contributed by atoms with Gasteiger partial charge in [-0.05, 0) is 61.7 Å². The number of halogens is 1. The quantitative estimate of drug-likeness (QED) is 0.739. The largest absolute Gasteiger partial charge is 0.315 e. The maximum absolute atomic E-state index is 13.1. The highest BCUT2D eigenvalue weighted by molar-refractivity contribution is 5.70. The SMILES string of the molecule is Cn1c(CN2CCC(c3ccc(F)cc3)CC2)nc2cccnc21. The molecule has 1 aliphatic heterocycles. The zero-order valence-corrected chi connectivity index (χ0v) is 13.8. The zero-order chi connectivity index (χ0) is 16.5. The summed E-state index contributed by atoms with van der Waals surface area (Å²) in [6.07, 6.45) is 4.02. The van der Waals surface area contributed by atoms with Crippen LogP contribution in [0.1, 0.15) is 30.1 Å². The Bertz CT molecular complexity index is 832. The lowest BCUT2D eigenvalue weighted by Crippen LogP contribution is -2.33. The minimum atomic E-state index is -0.161. The molecule has 0 amide bonds. The maximum Gasteiger partial charge on any atom is 0.159 e. The molecule has 0 spiro atoms. The molecule has 0 aliphatic carbocycles. The van der Waals surface area contributed by atoms with Crippen LogP contribution in [0.25, 0.3) is 11.2 Å². The minimum absolute atomic E-state index is 0.161. The van der Waals surface area contributed by atoms with Crippen molar-refractivity contribution < 1.29 is 4.39 Å². The van der Waals surface area contributed by atoms with Crippen LogP contribution >= 0.6 is 0 Å². The molecule has 0 N–H and O–H groups in total. The smallest absolute Gasteiger partial charge is 0.159 e. The van der Waals surface area contributed by atoms with Crippen LogP contribution in [0.3, 0.4) is 0 Å². The molecule has 3 heterocycles. The molecule has 3 aromatic rings. The van der Waals surface area contributed by atoms with Crippen molar-refractivity contribution in [1.82, 2.24) is 19.4 Å². The first-order chi connectivity index (χ1) is 11.7. The Labute approximate surface area is 141 Å². The Balaban J connectivity index is 1.42. The summed E-state index contributed by atoms with van der Waals surface area (Å²) in [5.41, 5.74) is 3.15. The molecule has 0 unspecified atom stereocenters. The molecule has 1 fully saturated rings. The fourth-order valence-electron chi connectivity index (χ4n) is 3.57. The van der Waals surface area contributed by atoms with Crippen molar-refractivity contribution in [3.8, 4) is 0 Å². The number of piperidine rings is 1. The van der Waals surface area contributed by atoms with Crippen LogP contribution in [0.4, 0.5) is 4.39 Å². The lowest BCUT2D eigenvalue weighted by Gasteiger charge is -2.31. The Kier molecular flexibility index (Phi) is 4.02. The predicted octanol–water partition coefficient (Wildman–Crippen LogP) is 3.49. The summed E-state index contributed by atoms with van der Waals surface area (Å²) < 4.78 is 15.1. The lowest BCUT2D eigenvalue weighted by molar-refractivity contribution is 0.199. The highest BCUT2D eigenvalue weighted by atomic mass is 19.1. The van der Waals surface area contributed by atoms with Crippen LogP contribution in [-0.4, -0.2) is 32.5 Å². The van der Waals surface area contributed by atoms with Gasteiger partial charge in [0.05, 0.1) is 6.54 Å². The average molecular weight is 324 g/mol. The van der Waals surface area contributed by atoms with Crippen molar-refractivity contribution in [3.05, 3.63) is 59.8 Å². The number of aryl methyl sites for hydroxylation is 1. The molecule has 4 rings (SSSR count). The summed E-state index contributed by atoms with van der Waals surface area (Å²) in [5.74, 6) is 1.43. The second kappa shape index (κ2) is 6.32. The number of hydrogen-bond donors (Lipinski definition) is 0. The molecule has 4 nitrogen and oxygen atoms in total. The van der Waals surface area contributed by atoms with E-state index in [1.165, 1.54) is 5.56 Å². The van der Waals surface area contributed by atoms with Gasteiger partial charge >= 0.3 is 0 Å². The first kappa shape index (κ1) is 15.3. The summed E-state index contributed by atoms with van der Waals surface area (Å²) in [6.45, 7) is 2.93. The summed E-state index contributed by atoms with van der Waals surface area (Å²) in [4.78, 5) is 11.6. The van der Waals surface area contributed by atoms with E-state index in [1.807, 2.05) is 37.5 Å². The fraction of sp³-hybridized carbons (Fsp3) is 0.368. The van der Waals surface area contributed by atoms with E-state index < -0.39 is 0 Å². The summed E-state index contributed by atoms with van der Waals surface area (Å²) in [6, 6.07) is 10.9. The van der Waals surface area contributed by atoms with Crippen LogP contribution < -0.4 is 0 Å². The van der Waals surface area contributed by atoms with Crippen LogP contribution in [0, 0.1) is 5.82 Å². The number of rotatable bonds is 3. The van der Waals surface area contributed by atoms with Crippen molar-refractivity contribution >= 4 is 11.2 Å². The van der Waals surface area contributed by atoms with Gasteiger partial charge < -0.3 is 4.57 Å². The number of benzene rings is 1. The number of hydrogen-bond acceptors (Lipinski definition) is 3. The zero-order valence-electron chi connectivity index (χ0n) is 13.8. The van der Waals surface area contributed by atoms with Crippen LogP contribution in [0.2, 0.25) is 0 Å². The molecular formula is C19H21FN4. The monoisotopic (exact) mass is 324 g/mol. The third-order valence-electron chi connectivity index (χ3n) is 5.01. The summed E-state index contributed by atoms with van der Waals surface area (Å²) in [7, 11) is 2.03. The highest BCUT2D eigenvalue weighted by Gasteiger charge is 2.22. The molecule has 5 heteroatoms. The number of aromatic nitrogens is 3. The average Bonchev–Trinajstić information content (AvgIpc) is 2.93. The first-order valence-electron chi connectivity index (χ1n) is 8.45. The molecule has 1 aliphatic rings. The van der Waals surface area contributed by atoms with Gasteiger partial charge in [0.1, 0.15) is 17.2 Å². The van der Waals surface area contributed by atoms with Gasteiger partial charge in [0, 0.05) is 13.2 Å². The van der Waals surface area contributed by atoms with E-state index >= 15 is 0 Å². The van der Waals surface area contributed by atoms with Crippen LogP contribution in [0.5, 0.6) is 0 Å². The lowest BCUT2D eigenvalue weighted by atomic mass is 9.89. The van der Waals surface area contributed by atoms with Gasteiger partial charge in [-0.2, -0.15) is 0 Å². The van der Waals surface area contributed by atoms with Gasteiger partial charge in [-0.1, -0.05) is 12.1 Å². The topological polar surface area (TPSA) is 34.0 Å². The van der Waals surface area contributed by atoms with Gasteiger partial charge in [-0.25, -0.2) is 14.4 Å². The molecule has 1 saturated heterocycles. The predicted molar refractivity (Wildman–Crippen MR) is 92.2 cm³/mol. The van der Waals surface area contributed by atoms with E-state index in [1.54, 1.807) is 12.1 Å². The highest BCUT2D eigenvalue weighted by Crippen LogP contribution is 2.28. The maximum atomic E-state index is 13.1. The third-order valence-corrected chi connectivity index (χ3v) is 5.01. The van der Waals surface area contributed by atoms with Crippen LogP contribution in [0.15, 0.2) is 42.6 Å². The van der Waals surface area contributed by atoms with E-state index in [2.05, 4.69) is 14.5 Å². The Morgan fingerprint density at radius 2 is 1.88 bits per heavy atom. The Hall–Kier alpha value is -2.27. The molecule has 0 saturated carbocycles. The van der Waals surface area contributed by atoms with Crippen molar-refractivity contribution in [1.29, 1.82) is 0 Å². The van der Waals surface area contributed by atoms with E-state index in [0.29, 0.717) is 5.92 Å². The molecule has 24 heavy (non-hydrogen) atoms. The van der Waals surface area contributed by atoms with E-state index in [4.69, 9.17) is 4.98 Å². The molecule has 0 atom stereocenters. The number of fused-ring (bicyclic) bond motifs is 1. The normalized spacial score (nSPS) is 16.8.